The Morgan fingerprint density at radius 1 is 1.31 bits per heavy atom. The summed E-state index contributed by atoms with van der Waals surface area (Å²) in [6.45, 7) is 3.68. The highest BCUT2D eigenvalue weighted by Crippen LogP contribution is 2.27. The number of hydrogen-bond acceptors (Lipinski definition) is 6. The van der Waals surface area contributed by atoms with Crippen LogP contribution in [0.3, 0.4) is 0 Å². The maximum Gasteiger partial charge on any atom is 0.235 e. The van der Waals surface area contributed by atoms with Crippen LogP contribution in [0.5, 0.6) is 0 Å². The average molecular weight is 395 g/mol. The molecule has 9 heteroatoms. The molecule has 0 spiro atoms. The number of benzene rings is 1. The summed E-state index contributed by atoms with van der Waals surface area (Å²) in [7, 11) is -1.35. The number of carbonyl (C=O) groups excluding carboxylic acids is 1. The van der Waals surface area contributed by atoms with E-state index in [1.165, 1.54) is 11.8 Å². The molecule has 1 amide bonds. The second-order valence-electron chi connectivity index (χ2n) is 6.47. The molecule has 0 unspecified atom stereocenters. The molecule has 26 heavy (non-hydrogen) atoms. The molecular formula is C17H22N4O3S2. The lowest BCUT2D eigenvalue weighted by molar-refractivity contribution is -0.130. The summed E-state index contributed by atoms with van der Waals surface area (Å²) >= 11 is 1.33. The molecule has 1 aliphatic heterocycles. The summed E-state index contributed by atoms with van der Waals surface area (Å²) < 4.78 is 25.2. The highest BCUT2D eigenvalue weighted by atomic mass is 32.2. The minimum atomic E-state index is -3.03. The molecule has 1 saturated heterocycles. The SMILES string of the molecule is Cc1nnc(S[C@H](C)C(=O)N(C)[C@H]2CCS(=O)(=O)C2)n1-c1ccccc1. The van der Waals surface area contributed by atoms with Gasteiger partial charge in [0, 0.05) is 18.8 Å². The van der Waals surface area contributed by atoms with Crippen LogP contribution in [-0.4, -0.2) is 63.8 Å². The predicted octanol–water partition coefficient (Wildman–Crippen LogP) is 1.70. The second kappa shape index (κ2) is 7.40. The molecule has 1 aromatic carbocycles. The summed E-state index contributed by atoms with van der Waals surface area (Å²) in [5.41, 5.74) is 0.937. The van der Waals surface area contributed by atoms with Crippen molar-refractivity contribution in [2.75, 3.05) is 18.6 Å². The van der Waals surface area contributed by atoms with E-state index in [1.807, 2.05) is 48.7 Å². The zero-order valence-electron chi connectivity index (χ0n) is 15.0. The second-order valence-corrected chi connectivity index (χ2v) is 10.0. The molecule has 1 aliphatic rings. The number of carbonyl (C=O) groups is 1. The molecule has 1 aromatic heterocycles. The minimum Gasteiger partial charge on any atom is -0.341 e. The van der Waals surface area contributed by atoms with Crippen molar-refractivity contribution in [2.45, 2.75) is 36.7 Å². The van der Waals surface area contributed by atoms with Gasteiger partial charge < -0.3 is 4.90 Å². The third-order valence-electron chi connectivity index (χ3n) is 4.54. The molecule has 2 heterocycles. The van der Waals surface area contributed by atoms with Crippen molar-refractivity contribution < 1.29 is 13.2 Å². The molecular weight excluding hydrogens is 372 g/mol. The van der Waals surface area contributed by atoms with Gasteiger partial charge in [0.25, 0.3) is 0 Å². The lowest BCUT2D eigenvalue weighted by Gasteiger charge is -2.26. The normalized spacial score (nSPS) is 20.0. The Hall–Kier alpha value is -1.87. The molecule has 1 fully saturated rings. The van der Waals surface area contributed by atoms with Crippen molar-refractivity contribution in [3.63, 3.8) is 0 Å². The fraction of sp³-hybridized carbons (Fsp3) is 0.471. The van der Waals surface area contributed by atoms with Gasteiger partial charge >= 0.3 is 0 Å². The topological polar surface area (TPSA) is 85.2 Å². The van der Waals surface area contributed by atoms with E-state index in [0.29, 0.717) is 11.6 Å². The first-order valence-corrected chi connectivity index (χ1v) is 11.1. The van der Waals surface area contributed by atoms with Crippen LogP contribution < -0.4 is 0 Å². The van der Waals surface area contributed by atoms with Crippen LogP contribution in [0.2, 0.25) is 0 Å². The number of para-hydroxylation sites is 1. The first-order chi connectivity index (χ1) is 12.3. The fourth-order valence-electron chi connectivity index (χ4n) is 3.05. The molecule has 140 valence electrons. The van der Waals surface area contributed by atoms with E-state index in [2.05, 4.69) is 10.2 Å². The average Bonchev–Trinajstić information content (AvgIpc) is 3.16. The van der Waals surface area contributed by atoms with Crippen molar-refractivity contribution in [3.8, 4) is 5.69 Å². The quantitative estimate of drug-likeness (QED) is 0.718. The van der Waals surface area contributed by atoms with Crippen LogP contribution in [0.15, 0.2) is 35.5 Å². The van der Waals surface area contributed by atoms with E-state index in [1.54, 1.807) is 11.9 Å². The zero-order chi connectivity index (χ0) is 18.9. The first-order valence-electron chi connectivity index (χ1n) is 8.39. The van der Waals surface area contributed by atoms with Crippen LogP contribution in [0.4, 0.5) is 0 Å². The molecule has 0 aliphatic carbocycles. The minimum absolute atomic E-state index is 0.0476. The number of rotatable bonds is 5. The highest BCUT2D eigenvalue weighted by molar-refractivity contribution is 8.00. The number of nitrogens with zero attached hydrogens (tertiary/aromatic N) is 4. The van der Waals surface area contributed by atoms with Crippen LogP contribution >= 0.6 is 11.8 Å². The number of amides is 1. The number of thioether (sulfide) groups is 1. The maximum atomic E-state index is 12.8. The van der Waals surface area contributed by atoms with Gasteiger partial charge in [-0.25, -0.2) is 8.42 Å². The van der Waals surface area contributed by atoms with E-state index in [4.69, 9.17) is 0 Å². The summed E-state index contributed by atoms with van der Waals surface area (Å²) in [6.07, 6.45) is 0.501. The van der Waals surface area contributed by atoms with E-state index in [-0.39, 0.29) is 23.5 Å². The van der Waals surface area contributed by atoms with Crippen LogP contribution in [0, 0.1) is 6.92 Å². The van der Waals surface area contributed by atoms with Crippen molar-refractivity contribution in [1.29, 1.82) is 0 Å². The molecule has 3 rings (SSSR count). The molecule has 0 radical (unpaired) electrons. The fourth-order valence-corrected chi connectivity index (χ4v) is 5.84. The van der Waals surface area contributed by atoms with Gasteiger partial charge in [0.15, 0.2) is 15.0 Å². The zero-order valence-corrected chi connectivity index (χ0v) is 16.6. The monoisotopic (exact) mass is 394 g/mol. The number of aromatic nitrogens is 3. The Labute approximate surface area is 157 Å². The molecule has 0 N–H and O–H groups in total. The lowest BCUT2D eigenvalue weighted by atomic mass is 10.2. The maximum absolute atomic E-state index is 12.8. The van der Waals surface area contributed by atoms with E-state index >= 15 is 0 Å². The molecule has 0 saturated carbocycles. The molecule has 2 atom stereocenters. The Morgan fingerprint density at radius 2 is 2.00 bits per heavy atom. The smallest absolute Gasteiger partial charge is 0.235 e. The van der Waals surface area contributed by atoms with Gasteiger partial charge in [0.05, 0.1) is 16.8 Å². The van der Waals surface area contributed by atoms with Crippen molar-refractivity contribution >= 4 is 27.5 Å². The predicted molar refractivity (Wildman–Crippen MR) is 101 cm³/mol. The van der Waals surface area contributed by atoms with Crippen LogP contribution in [-0.2, 0) is 14.6 Å². The molecule has 2 aromatic rings. The highest BCUT2D eigenvalue weighted by Gasteiger charge is 2.34. The van der Waals surface area contributed by atoms with Gasteiger partial charge in [-0.1, -0.05) is 30.0 Å². The third kappa shape index (κ3) is 3.93. The van der Waals surface area contributed by atoms with E-state index in [9.17, 15) is 13.2 Å². The van der Waals surface area contributed by atoms with Crippen molar-refractivity contribution in [2.24, 2.45) is 0 Å². The van der Waals surface area contributed by atoms with Crippen LogP contribution in [0.1, 0.15) is 19.2 Å². The summed E-state index contributed by atoms with van der Waals surface area (Å²) in [4.78, 5) is 14.3. The van der Waals surface area contributed by atoms with E-state index in [0.717, 1.165) is 11.5 Å². The van der Waals surface area contributed by atoms with Crippen molar-refractivity contribution in [3.05, 3.63) is 36.2 Å². The summed E-state index contributed by atoms with van der Waals surface area (Å²) in [5.74, 6) is 0.843. The largest absolute Gasteiger partial charge is 0.341 e. The van der Waals surface area contributed by atoms with Gasteiger partial charge in [0.2, 0.25) is 5.91 Å². The Morgan fingerprint density at radius 3 is 2.62 bits per heavy atom. The van der Waals surface area contributed by atoms with Gasteiger partial charge in [-0.2, -0.15) is 0 Å². The van der Waals surface area contributed by atoms with Crippen LogP contribution in [0.25, 0.3) is 5.69 Å². The first kappa shape index (κ1) is 18.9. The number of aryl methyl sites for hydroxylation is 1. The third-order valence-corrected chi connectivity index (χ3v) is 7.32. The van der Waals surface area contributed by atoms with E-state index < -0.39 is 15.1 Å². The van der Waals surface area contributed by atoms with Gasteiger partial charge in [0.1, 0.15) is 5.82 Å². The number of hydrogen-bond donors (Lipinski definition) is 0. The Kier molecular flexibility index (Phi) is 5.38. The van der Waals surface area contributed by atoms with Gasteiger partial charge in [-0.3, -0.25) is 9.36 Å². The summed E-state index contributed by atoms with van der Waals surface area (Å²) in [5, 5.41) is 8.58. The van der Waals surface area contributed by atoms with Gasteiger partial charge in [-0.15, -0.1) is 10.2 Å². The lowest BCUT2D eigenvalue weighted by Crippen LogP contribution is -2.41. The van der Waals surface area contributed by atoms with Crippen molar-refractivity contribution in [1.82, 2.24) is 19.7 Å². The molecule has 7 nitrogen and oxygen atoms in total. The standard InChI is InChI=1S/C17H22N4O3S2/c1-12(16(22)20(3)15-9-10-26(23,24)11-15)25-17-19-18-13(2)21(17)14-7-5-4-6-8-14/h4-8,12,15H,9-11H2,1-3H3/t12-,15+/m1/s1. The number of sulfone groups is 1. The Balaban J connectivity index is 1.74. The van der Waals surface area contributed by atoms with Gasteiger partial charge in [-0.05, 0) is 32.4 Å². The summed E-state index contributed by atoms with van der Waals surface area (Å²) in [6, 6.07) is 9.49. The molecule has 0 bridgehead atoms. The Bertz CT molecular complexity index is 896.